The fourth-order valence-corrected chi connectivity index (χ4v) is 2.65. The van der Waals surface area contributed by atoms with E-state index in [9.17, 15) is 8.78 Å². The first-order valence-corrected chi connectivity index (χ1v) is 6.03. The Bertz CT molecular complexity index is 353. The first-order chi connectivity index (χ1) is 7.58. The van der Waals surface area contributed by atoms with Gasteiger partial charge in [0.1, 0.15) is 11.6 Å². The molecule has 0 aliphatic heterocycles. The van der Waals surface area contributed by atoms with Crippen molar-refractivity contribution in [3.63, 3.8) is 0 Å². The molecule has 0 saturated heterocycles. The molecule has 0 unspecified atom stereocenters. The Morgan fingerprint density at radius 1 is 1.00 bits per heavy atom. The molecule has 0 amide bonds. The average Bonchev–Trinajstić information content (AvgIpc) is 2.19. The number of halogens is 2. The lowest BCUT2D eigenvalue weighted by Crippen LogP contribution is -2.13. The third-order valence-electron chi connectivity index (χ3n) is 3.65. The number of rotatable bonds is 1. The summed E-state index contributed by atoms with van der Waals surface area (Å²) in [5, 5.41) is 0. The quantitative estimate of drug-likeness (QED) is 0.655. The van der Waals surface area contributed by atoms with Gasteiger partial charge in [-0.05, 0) is 49.3 Å². The zero-order valence-electron chi connectivity index (χ0n) is 9.89. The van der Waals surface area contributed by atoms with Gasteiger partial charge in [-0.2, -0.15) is 0 Å². The van der Waals surface area contributed by atoms with Crippen LogP contribution in [-0.4, -0.2) is 0 Å². The zero-order chi connectivity index (χ0) is 11.7. The first kappa shape index (κ1) is 11.6. The third-order valence-corrected chi connectivity index (χ3v) is 3.65. The van der Waals surface area contributed by atoms with E-state index in [1.807, 2.05) is 0 Å². The summed E-state index contributed by atoms with van der Waals surface area (Å²) in [6, 6.07) is 2.88. The molecule has 0 aromatic heterocycles. The molecular weight excluding hydrogens is 206 g/mol. The normalized spacial score (nSPS) is 25.8. The molecule has 1 aliphatic rings. The molecule has 1 fully saturated rings. The van der Waals surface area contributed by atoms with Gasteiger partial charge in [-0.3, -0.25) is 0 Å². The van der Waals surface area contributed by atoms with Crippen LogP contribution in [0.15, 0.2) is 12.1 Å². The summed E-state index contributed by atoms with van der Waals surface area (Å²) in [7, 11) is 0. The molecule has 0 bridgehead atoms. The highest BCUT2D eigenvalue weighted by Gasteiger charge is 2.25. The van der Waals surface area contributed by atoms with Gasteiger partial charge >= 0.3 is 0 Å². The third kappa shape index (κ3) is 2.26. The second-order valence-electron chi connectivity index (χ2n) is 5.10. The topological polar surface area (TPSA) is 0 Å². The summed E-state index contributed by atoms with van der Waals surface area (Å²) in [6.45, 7) is 3.93. The van der Waals surface area contributed by atoms with Crippen LogP contribution in [0.5, 0.6) is 0 Å². The SMILES string of the molecule is Cc1cc(F)c(C2CCC(C)CC2)c(F)c1. The Morgan fingerprint density at radius 3 is 2.00 bits per heavy atom. The predicted octanol–water partition coefficient (Wildman–Crippen LogP) is 4.57. The van der Waals surface area contributed by atoms with E-state index in [-0.39, 0.29) is 17.6 Å². The van der Waals surface area contributed by atoms with Crippen LogP contribution in [0, 0.1) is 24.5 Å². The smallest absolute Gasteiger partial charge is 0.129 e. The monoisotopic (exact) mass is 224 g/mol. The molecule has 0 atom stereocenters. The Morgan fingerprint density at radius 2 is 1.50 bits per heavy atom. The summed E-state index contributed by atoms with van der Waals surface area (Å²) < 4.78 is 27.5. The van der Waals surface area contributed by atoms with E-state index >= 15 is 0 Å². The van der Waals surface area contributed by atoms with Crippen molar-refractivity contribution in [3.8, 4) is 0 Å². The van der Waals surface area contributed by atoms with Crippen molar-refractivity contribution in [2.24, 2.45) is 5.92 Å². The van der Waals surface area contributed by atoms with E-state index in [0.717, 1.165) is 25.7 Å². The van der Waals surface area contributed by atoms with Crippen LogP contribution in [0.3, 0.4) is 0 Å². The van der Waals surface area contributed by atoms with Crippen molar-refractivity contribution in [2.75, 3.05) is 0 Å². The molecule has 1 aromatic rings. The molecule has 1 aromatic carbocycles. The zero-order valence-corrected chi connectivity index (χ0v) is 9.89. The summed E-state index contributed by atoms with van der Waals surface area (Å²) in [5.74, 6) is 0.0544. The maximum atomic E-state index is 13.8. The van der Waals surface area contributed by atoms with E-state index in [1.165, 1.54) is 12.1 Å². The van der Waals surface area contributed by atoms with Crippen molar-refractivity contribution in [2.45, 2.75) is 45.4 Å². The number of hydrogen-bond donors (Lipinski definition) is 0. The predicted molar refractivity (Wildman–Crippen MR) is 61.5 cm³/mol. The summed E-state index contributed by atoms with van der Waals surface area (Å²) >= 11 is 0. The molecule has 2 rings (SSSR count). The first-order valence-electron chi connectivity index (χ1n) is 6.03. The molecule has 0 heterocycles. The van der Waals surface area contributed by atoms with Crippen LogP contribution in [0.25, 0.3) is 0 Å². The van der Waals surface area contributed by atoms with Crippen LogP contribution in [0.2, 0.25) is 0 Å². The molecule has 0 spiro atoms. The van der Waals surface area contributed by atoms with Crippen molar-refractivity contribution >= 4 is 0 Å². The molecule has 0 radical (unpaired) electrons. The Kier molecular flexibility index (Phi) is 3.27. The van der Waals surface area contributed by atoms with Crippen LogP contribution in [0.4, 0.5) is 8.78 Å². The van der Waals surface area contributed by atoms with Gasteiger partial charge in [-0.25, -0.2) is 8.78 Å². The second kappa shape index (κ2) is 4.52. The Hall–Kier alpha value is -0.920. The van der Waals surface area contributed by atoms with Gasteiger partial charge in [-0.15, -0.1) is 0 Å². The molecule has 2 heteroatoms. The van der Waals surface area contributed by atoms with Crippen molar-refractivity contribution in [1.29, 1.82) is 0 Å². The second-order valence-corrected chi connectivity index (χ2v) is 5.10. The average molecular weight is 224 g/mol. The Labute approximate surface area is 95.7 Å². The molecule has 16 heavy (non-hydrogen) atoms. The lowest BCUT2D eigenvalue weighted by Gasteiger charge is -2.27. The molecule has 88 valence electrons. The van der Waals surface area contributed by atoms with Gasteiger partial charge in [0.2, 0.25) is 0 Å². The van der Waals surface area contributed by atoms with Gasteiger partial charge in [0, 0.05) is 5.56 Å². The van der Waals surface area contributed by atoms with Gasteiger partial charge < -0.3 is 0 Å². The maximum Gasteiger partial charge on any atom is 0.129 e. The number of benzene rings is 1. The summed E-state index contributed by atoms with van der Waals surface area (Å²) in [6.07, 6.45) is 3.99. The highest BCUT2D eigenvalue weighted by molar-refractivity contribution is 5.28. The maximum absolute atomic E-state index is 13.8. The van der Waals surface area contributed by atoms with Crippen LogP contribution in [0.1, 0.15) is 49.7 Å². The molecule has 1 saturated carbocycles. The van der Waals surface area contributed by atoms with Gasteiger partial charge in [-0.1, -0.05) is 19.8 Å². The van der Waals surface area contributed by atoms with Crippen molar-refractivity contribution in [3.05, 3.63) is 34.9 Å². The van der Waals surface area contributed by atoms with Crippen LogP contribution >= 0.6 is 0 Å². The van der Waals surface area contributed by atoms with Crippen LogP contribution < -0.4 is 0 Å². The molecule has 0 nitrogen and oxygen atoms in total. The number of aryl methyl sites for hydroxylation is 1. The van der Waals surface area contributed by atoms with E-state index in [4.69, 9.17) is 0 Å². The molecular formula is C14H18F2. The lowest BCUT2D eigenvalue weighted by atomic mass is 9.79. The lowest BCUT2D eigenvalue weighted by molar-refractivity contribution is 0.335. The highest BCUT2D eigenvalue weighted by Crippen LogP contribution is 2.37. The Balaban J connectivity index is 2.26. The summed E-state index contributed by atoms with van der Waals surface area (Å²) in [4.78, 5) is 0. The van der Waals surface area contributed by atoms with Crippen molar-refractivity contribution < 1.29 is 8.78 Å². The minimum Gasteiger partial charge on any atom is -0.207 e. The largest absolute Gasteiger partial charge is 0.207 e. The minimum atomic E-state index is -0.364. The van der Waals surface area contributed by atoms with E-state index in [1.54, 1.807) is 6.92 Å². The minimum absolute atomic E-state index is 0.0804. The van der Waals surface area contributed by atoms with Gasteiger partial charge in [0.25, 0.3) is 0 Å². The number of hydrogen-bond acceptors (Lipinski definition) is 0. The molecule has 1 aliphatic carbocycles. The summed E-state index contributed by atoms with van der Waals surface area (Å²) in [5.41, 5.74) is 0.973. The standard InChI is InChI=1S/C14H18F2/c1-9-3-5-11(6-4-9)14-12(15)7-10(2)8-13(14)16/h7-9,11H,3-6H2,1-2H3. The fraction of sp³-hybridized carbons (Fsp3) is 0.571. The van der Waals surface area contributed by atoms with Gasteiger partial charge in [0.15, 0.2) is 0 Å². The molecule has 0 N–H and O–H groups in total. The van der Waals surface area contributed by atoms with E-state index < -0.39 is 0 Å². The van der Waals surface area contributed by atoms with Gasteiger partial charge in [0.05, 0.1) is 0 Å². The van der Waals surface area contributed by atoms with Crippen LogP contribution in [-0.2, 0) is 0 Å². The highest BCUT2D eigenvalue weighted by atomic mass is 19.1. The van der Waals surface area contributed by atoms with E-state index in [2.05, 4.69) is 6.92 Å². The van der Waals surface area contributed by atoms with E-state index in [0.29, 0.717) is 17.0 Å². The van der Waals surface area contributed by atoms with Crippen molar-refractivity contribution in [1.82, 2.24) is 0 Å². The fourth-order valence-electron chi connectivity index (χ4n) is 2.65.